The third kappa shape index (κ3) is 2.78. The van der Waals surface area contributed by atoms with Crippen molar-refractivity contribution in [2.45, 2.75) is 4.90 Å². The van der Waals surface area contributed by atoms with Crippen LogP contribution in [0.1, 0.15) is 21.7 Å². The lowest BCUT2D eigenvalue weighted by atomic mass is 10.2. The zero-order chi connectivity index (χ0) is 13.0. The molecule has 2 aromatic rings. The Balaban J connectivity index is 2.19. The molecule has 0 saturated heterocycles. The quantitative estimate of drug-likeness (QED) is 0.826. The summed E-state index contributed by atoms with van der Waals surface area (Å²) >= 11 is 1.67. The molecule has 1 heterocycles. The molecule has 0 aliphatic heterocycles. The normalized spacial score (nSPS) is 10.9. The zero-order valence-electron chi connectivity index (χ0n) is 9.62. The maximum atomic E-state index is 10.8. The lowest BCUT2D eigenvalue weighted by Crippen LogP contribution is -1.98. The molecule has 0 radical (unpaired) electrons. The highest BCUT2D eigenvalue weighted by Gasteiger charge is 2.11. The molecule has 6 heteroatoms. The van der Waals surface area contributed by atoms with Crippen molar-refractivity contribution in [3.63, 3.8) is 0 Å². The van der Waals surface area contributed by atoms with Crippen LogP contribution >= 0.6 is 11.8 Å². The Morgan fingerprint density at radius 3 is 2.61 bits per heavy atom. The molecule has 0 fully saturated rings. The van der Waals surface area contributed by atoms with Gasteiger partial charge in [0.2, 0.25) is 0 Å². The van der Waals surface area contributed by atoms with Crippen molar-refractivity contribution in [1.82, 2.24) is 15.4 Å². The number of thioether (sulfide) groups is 1. The number of nitrogens with zero attached hydrogens (tertiary/aromatic N) is 2. The first-order valence-corrected chi connectivity index (χ1v) is 6.39. The van der Waals surface area contributed by atoms with Crippen LogP contribution < -0.4 is 0 Å². The molecule has 1 aromatic heterocycles. The Kier molecular flexibility index (Phi) is 3.78. The lowest BCUT2D eigenvalue weighted by Gasteiger charge is -1.96. The number of carboxylic acids is 1. The number of carbonyl (C=O) groups is 1. The van der Waals surface area contributed by atoms with E-state index in [0.29, 0.717) is 5.69 Å². The molecule has 5 nitrogen and oxygen atoms in total. The van der Waals surface area contributed by atoms with Crippen LogP contribution in [0.3, 0.4) is 0 Å². The van der Waals surface area contributed by atoms with E-state index in [1.165, 1.54) is 4.90 Å². The van der Waals surface area contributed by atoms with E-state index in [4.69, 9.17) is 5.11 Å². The minimum absolute atomic E-state index is 0.0769. The third-order valence-electron chi connectivity index (χ3n) is 2.33. The van der Waals surface area contributed by atoms with Gasteiger partial charge in [0.25, 0.3) is 0 Å². The largest absolute Gasteiger partial charge is 0.476 e. The van der Waals surface area contributed by atoms with E-state index in [1.807, 2.05) is 30.5 Å². The molecule has 92 valence electrons. The van der Waals surface area contributed by atoms with E-state index in [0.717, 1.165) is 5.56 Å². The molecule has 0 aliphatic carbocycles. The molecule has 1 aromatic carbocycles. The van der Waals surface area contributed by atoms with Crippen LogP contribution in [0.5, 0.6) is 0 Å². The van der Waals surface area contributed by atoms with E-state index in [2.05, 4.69) is 15.4 Å². The van der Waals surface area contributed by atoms with Gasteiger partial charge in [-0.2, -0.15) is 10.3 Å². The van der Waals surface area contributed by atoms with Crippen LogP contribution in [0, 0.1) is 0 Å². The van der Waals surface area contributed by atoms with Crippen molar-refractivity contribution >= 4 is 29.9 Å². The van der Waals surface area contributed by atoms with Crippen LogP contribution in [-0.2, 0) is 0 Å². The van der Waals surface area contributed by atoms with Crippen LogP contribution in [-0.4, -0.2) is 32.7 Å². The van der Waals surface area contributed by atoms with Crippen molar-refractivity contribution in [1.29, 1.82) is 0 Å². The Labute approximate surface area is 108 Å². The second kappa shape index (κ2) is 5.50. The second-order valence-corrected chi connectivity index (χ2v) is 4.35. The molecule has 0 spiro atoms. The second-order valence-electron chi connectivity index (χ2n) is 3.47. The molecule has 2 rings (SSSR count). The average Bonchev–Trinajstić information content (AvgIpc) is 2.85. The summed E-state index contributed by atoms with van der Waals surface area (Å²) in [6.45, 7) is 0. The number of nitrogens with one attached hydrogen (secondary N) is 1. The molecule has 0 bridgehead atoms. The highest BCUT2D eigenvalue weighted by atomic mass is 32.2. The topological polar surface area (TPSA) is 78.9 Å². The summed E-state index contributed by atoms with van der Waals surface area (Å²) < 4.78 is 0. The first-order valence-electron chi connectivity index (χ1n) is 5.17. The number of aromatic nitrogens is 3. The monoisotopic (exact) mass is 261 g/mol. The number of hydrogen-bond acceptors (Lipinski definition) is 4. The third-order valence-corrected chi connectivity index (χ3v) is 3.07. The molecule has 18 heavy (non-hydrogen) atoms. The predicted octanol–water partition coefficient (Wildman–Crippen LogP) is 2.40. The minimum Gasteiger partial charge on any atom is -0.476 e. The number of H-pyrrole nitrogens is 1. The number of rotatable bonds is 4. The van der Waals surface area contributed by atoms with Gasteiger partial charge in [0.1, 0.15) is 5.69 Å². The molecule has 0 amide bonds. The summed E-state index contributed by atoms with van der Waals surface area (Å²) in [5.41, 5.74) is 1.22. The zero-order valence-corrected chi connectivity index (χ0v) is 10.4. The van der Waals surface area contributed by atoms with E-state index in [-0.39, 0.29) is 5.69 Å². The minimum atomic E-state index is -1.10. The summed E-state index contributed by atoms with van der Waals surface area (Å²) in [7, 11) is 0. The molecule has 0 aliphatic rings. The number of aromatic amines is 1. The van der Waals surface area contributed by atoms with Crippen LogP contribution in [0.25, 0.3) is 12.2 Å². The number of aromatic carboxylic acids is 1. The number of carboxylic acid groups (broad SMARTS) is 1. The van der Waals surface area contributed by atoms with E-state index >= 15 is 0 Å². The summed E-state index contributed by atoms with van der Waals surface area (Å²) in [6, 6.07) is 7.93. The van der Waals surface area contributed by atoms with Crippen molar-refractivity contribution < 1.29 is 9.90 Å². The van der Waals surface area contributed by atoms with Gasteiger partial charge < -0.3 is 5.11 Å². The highest BCUT2D eigenvalue weighted by Crippen LogP contribution is 2.16. The Morgan fingerprint density at radius 2 is 2.00 bits per heavy atom. The van der Waals surface area contributed by atoms with Gasteiger partial charge >= 0.3 is 5.97 Å². The summed E-state index contributed by atoms with van der Waals surface area (Å²) in [6.07, 6.45) is 5.44. The highest BCUT2D eigenvalue weighted by molar-refractivity contribution is 7.98. The smallest absolute Gasteiger partial charge is 0.358 e. The van der Waals surface area contributed by atoms with Gasteiger partial charge in [0, 0.05) is 4.90 Å². The van der Waals surface area contributed by atoms with Gasteiger partial charge in [-0.25, -0.2) is 4.79 Å². The SMILES string of the molecule is CSc1ccc(/C=C/c2n[nH]nc2C(=O)O)cc1. The molecule has 2 N–H and O–H groups in total. The molecule has 0 unspecified atom stereocenters. The molecule has 0 saturated carbocycles. The van der Waals surface area contributed by atoms with Crippen molar-refractivity contribution in [2.75, 3.05) is 6.26 Å². The molecule has 0 atom stereocenters. The lowest BCUT2D eigenvalue weighted by molar-refractivity contribution is 0.0690. The van der Waals surface area contributed by atoms with Gasteiger partial charge in [-0.05, 0) is 30.0 Å². The average molecular weight is 261 g/mol. The first-order chi connectivity index (χ1) is 8.70. The van der Waals surface area contributed by atoms with Gasteiger partial charge in [-0.1, -0.05) is 18.2 Å². The van der Waals surface area contributed by atoms with Crippen LogP contribution in [0.4, 0.5) is 0 Å². The van der Waals surface area contributed by atoms with Crippen LogP contribution in [0.15, 0.2) is 29.2 Å². The van der Waals surface area contributed by atoms with E-state index in [9.17, 15) is 4.79 Å². The molecular formula is C12H11N3O2S. The van der Waals surface area contributed by atoms with E-state index in [1.54, 1.807) is 23.9 Å². The van der Waals surface area contributed by atoms with Crippen molar-refractivity contribution in [3.05, 3.63) is 41.2 Å². The van der Waals surface area contributed by atoms with Crippen molar-refractivity contribution in [2.24, 2.45) is 0 Å². The standard InChI is InChI=1S/C12H11N3O2S/c1-18-9-5-2-8(3-6-9)4-7-10-11(12(16)17)14-15-13-10/h2-7H,1H3,(H,16,17)(H,13,14,15)/b7-4+. The maximum absolute atomic E-state index is 10.8. The fourth-order valence-electron chi connectivity index (χ4n) is 1.40. The van der Waals surface area contributed by atoms with Gasteiger partial charge in [0.05, 0.1) is 0 Å². The Morgan fingerprint density at radius 1 is 1.28 bits per heavy atom. The summed E-state index contributed by atoms with van der Waals surface area (Å²) in [5.74, 6) is -1.10. The summed E-state index contributed by atoms with van der Waals surface area (Å²) in [4.78, 5) is 12.0. The summed E-state index contributed by atoms with van der Waals surface area (Å²) in [5, 5.41) is 18.5. The Hall–Kier alpha value is -2.08. The van der Waals surface area contributed by atoms with Crippen LogP contribution in [0.2, 0.25) is 0 Å². The maximum Gasteiger partial charge on any atom is 0.358 e. The van der Waals surface area contributed by atoms with Gasteiger partial charge in [-0.3, -0.25) is 0 Å². The van der Waals surface area contributed by atoms with Crippen molar-refractivity contribution in [3.8, 4) is 0 Å². The van der Waals surface area contributed by atoms with E-state index < -0.39 is 5.97 Å². The Bertz CT molecular complexity index is 575. The first kappa shape index (κ1) is 12.4. The predicted molar refractivity (Wildman–Crippen MR) is 70.5 cm³/mol. The fraction of sp³-hybridized carbons (Fsp3) is 0.0833. The van der Waals surface area contributed by atoms with Gasteiger partial charge in [0.15, 0.2) is 5.69 Å². The van der Waals surface area contributed by atoms with Gasteiger partial charge in [-0.15, -0.1) is 16.9 Å². The molecular weight excluding hydrogens is 250 g/mol. The fourth-order valence-corrected chi connectivity index (χ4v) is 1.81. The number of benzene rings is 1. The number of hydrogen-bond donors (Lipinski definition) is 2.